The van der Waals surface area contributed by atoms with Gasteiger partial charge in [-0.25, -0.2) is 0 Å². The Morgan fingerprint density at radius 2 is 1.94 bits per heavy atom. The Morgan fingerprint density at radius 3 is 2.50 bits per heavy atom. The van der Waals surface area contributed by atoms with E-state index >= 15 is 0 Å². The van der Waals surface area contributed by atoms with Gasteiger partial charge in [0.1, 0.15) is 0 Å². The molecule has 0 aromatic heterocycles. The monoisotopic (exact) mass is 330 g/mol. The molecule has 2 atom stereocenters. The van der Waals surface area contributed by atoms with Crippen molar-refractivity contribution in [3.63, 3.8) is 0 Å². The summed E-state index contributed by atoms with van der Waals surface area (Å²) in [6.45, 7) is 4.61. The molecule has 3 nitrogen and oxygen atoms in total. The van der Waals surface area contributed by atoms with Crippen LogP contribution < -0.4 is 10.6 Å². The molecule has 1 aromatic rings. The smallest absolute Gasteiger partial charge is 0.233 e. The van der Waals surface area contributed by atoms with E-state index in [0.717, 1.165) is 9.37 Å². The molecular weight excluding hydrogens is 312 g/mol. The molecule has 18 heavy (non-hydrogen) atoms. The molecular formula is C13H19BrN2OS. The van der Waals surface area contributed by atoms with Gasteiger partial charge in [0.25, 0.3) is 0 Å². The van der Waals surface area contributed by atoms with Gasteiger partial charge in [-0.2, -0.15) is 0 Å². The van der Waals surface area contributed by atoms with Crippen molar-refractivity contribution in [2.24, 2.45) is 0 Å². The van der Waals surface area contributed by atoms with Crippen LogP contribution in [0.15, 0.2) is 33.6 Å². The summed E-state index contributed by atoms with van der Waals surface area (Å²) < 4.78 is 1.05. The van der Waals surface area contributed by atoms with Crippen LogP contribution in [0.1, 0.15) is 13.8 Å². The molecule has 0 radical (unpaired) electrons. The Labute approximate surface area is 121 Å². The number of thioether (sulfide) groups is 1. The topological polar surface area (TPSA) is 41.1 Å². The zero-order chi connectivity index (χ0) is 13.5. The van der Waals surface area contributed by atoms with Crippen LogP contribution in [0, 0.1) is 0 Å². The van der Waals surface area contributed by atoms with Crippen LogP contribution in [-0.4, -0.2) is 30.8 Å². The number of likely N-dealkylation sites (N-methyl/N-ethyl adjacent to an activating group) is 1. The van der Waals surface area contributed by atoms with Crippen molar-refractivity contribution in [3.8, 4) is 0 Å². The van der Waals surface area contributed by atoms with Crippen LogP contribution in [0.3, 0.4) is 0 Å². The van der Waals surface area contributed by atoms with Crippen LogP contribution in [0.5, 0.6) is 0 Å². The lowest BCUT2D eigenvalue weighted by Crippen LogP contribution is -2.40. The van der Waals surface area contributed by atoms with Crippen LogP contribution in [0.25, 0.3) is 0 Å². The van der Waals surface area contributed by atoms with Crippen molar-refractivity contribution in [2.75, 3.05) is 13.6 Å². The minimum Gasteiger partial charge on any atom is -0.354 e. The number of nitrogens with one attached hydrogen (secondary N) is 2. The number of amides is 1. The number of carbonyl (C=O) groups is 1. The molecule has 0 spiro atoms. The molecule has 0 heterocycles. The van der Waals surface area contributed by atoms with Crippen molar-refractivity contribution in [2.45, 2.75) is 30.0 Å². The Balaban J connectivity index is 2.42. The maximum Gasteiger partial charge on any atom is 0.233 e. The first-order valence-electron chi connectivity index (χ1n) is 5.90. The van der Waals surface area contributed by atoms with Crippen molar-refractivity contribution in [3.05, 3.63) is 28.7 Å². The van der Waals surface area contributed by atoms with Crippen molar-refractivity contribution in [1.82, 2.24) is 10.6 Å². The number of halogens is 1. The summed E-state index contributed by atoms with van der Waals surface area (Å²) >= 11 is 4.96. The molecule has 0 aliphatic heterocycles. The van der Waals surface area contributed by atoms with E-state index in [1.165, 1.54) is 0 Å². The van der Waals surface area contributed by atoms with Crippen LogP contribution in [0.2, 0.25) is 0 Å². The number of benzene rings is 1. The van der Waals surface area contributed by atoms with Gasteiger partial charge in [-0.05, 0) is 45.2 Å². The Bertz CT molecular complexity index is 383. The molecule has 0 aliphatic carbocycles. The molecule has 1 amide bonds. The lowest BCUT2D eigenvalue weighted by atomic mass is 10.3. The van der Waals surface area contributed by atoms with Crippen molar-refractivity contribution in [1.29, 1.82) is 0 Å². The maximum atomic E-state index is 11.9. The molecule has 0 bridgehead atoms. The van der Waals surface area contributed by atoms with E-state index in [4.69, 9.17) is 0 Å². The molecule has 2 unspecified atom stereocenters. The highest BCUT2D eigenvalue weighted by Crippen LogP contribution is 2.24. The van der Waals surface area contributed by atoms with Gasteiger partial charge in [-0.3, -0.25) is 4.79 Å². The molecule has 5 heteroatoms. The fraction of sp³-hybridized carbons (Fsp3) is 0.462. The summed E-state index contributed by atoms with van der Waals surface area (Å²) in [6.07, 6.45) is 0. The first-order valence-corrected chi connectivity index (χ1v) is 7.57. The van der Waals surface area contributed by atoms with Crippen molar-refractivity contribution >= 4 is 33.6 Å². The average molecular weight is 331 g/mol. The van der Waals surface area contributed by atoms with Gasteiger partial charge in [0, 0.05) is 22.0 Å². The second kappa shape index (κ2) is 7.81. The summed E-state index contributed by atoms with van der Waals surface area (Å²) in [4.78, 5) is 13.0. The number of rotatable bonds is 6. The molecule has 0 saturated carbocycles. The molecule has 1 rings (SSSR count). The Hall–Kier alpha value is -0.520. The van der Waals surface area contributed by atoms with Gasteiger partial charge in [-0.15, -0.1) is 11.8 Å². The van der Waals surface area contributed by atoms with Crippen LogP contribution in [-0.2, 0) is 4.79 Å². The van der Waals surface area contributed by atoms with Crippen LogP contribution in [0.4, 0.5) is 0 Å². The largest absolute Gasteiger partial charge is 0.354 e. The quantitative estimate of drug-likeness (QED) is 0.788. The van der Waals surface area contributed by atoms with E-state index in [-0.39, 0.29) is 11.2 Å². The highest BCUT2D eigenvalue weighted by Gasteiger charge is 2.14. The van der Waals surface area contributed by atoms with E-state index in [1.807, 2.05) is 45.2 Å². The standard InChI is InChI=1S/C13H19BrN2OS/c1-9(15-3)8-16-13(17)10(2)18-12-6-4-11(14)5-7-12/h4-7,9-10,15H,8H2,1-3H3,(H,16,17). The molecule has 1 aromatic carbocycles. The van der Waals surface area contributed by atoms with Gasteiger partial charge < -0.3 is 10.6 Å². The van der Waals surface area contributed by atoms with E-state index in [9.17, 15) is 4.79 Å². The Kier molecular flexibility index (Phi) is 6.75. The second-order valence-corrected chi connectivity index (χ2v) is 6.48. The molecule has 0 aliphatic rings. The predicted molar refractivity (Wildman–Crippen MR) is 81.0 cm³/mol. The van der Waals surface area contributed by atoms with Gasteiger partial charge >= 0.3 is 0 Å². The lowest BCUT2D eigenvalue weighted by Gasteiger charge is -2.15. The third-order valence-corrected chi connectivity index (χ3v) is 4.21. The maximum absolute atomic E-state index is 11.9. The Morgan fingerprint density at radius 1 is 1.33 bits per heavy atom. The van der Waals surface area contributed by atoms with E-state index < -0.39 is 0 Å². The fourth-order valence-electron chi connectivity index (χ4n) is 1.27. The highest BCUT2D eigenvalue weighted by molar-refractivity contribution is 9.10. The van der Waals surface area contributed by atoms with Gasteiger partial charge in [0.15, 0.2) is 0 Å². The predicted octanol–water partition coefficient (Wildman–Crippen LogP) is 2.65. The average Bonchev–Trinajstić information content (AvgIpc) is 2.38. The van der Waals surface area contributed by atoms with Gasteiger partial charge in [0.2, 0.25) is 5.91 Å². The SMILES string of the molecule is CNC(C)CNC(=O)C(C)Sc1ccc(Br)cc1. The number of hydrogen-bond acceptors (Lipinski definition) is 3. The summed E-state index contributed by atoms with van der Waals surface area (Å²) in [7, 11) is 1.89. The van der Waals surface area contributed by atoms with Gasteiger partial charge in [0.05, 0.1) is 5.25 Å². The van der Waals surface area contributed by atoms with Gasteiger partial charge in [-0.1, -0.05) is 15.9 Å². The molecule has 2 N–H and O–H groups in total. The zero-order valence-corrected chi connectivity index (χ0v) is 13.3. The molecule has 0 fully saturated rings. The first-order chi connectivity index (χ1) is 8.52. The molecule has 0 saturated heterocycles. The summed E-state index contributed by atoms with van der Waals surface area (Å²) in [6, 6.07) is 8.27. The number of hydrogen-bond donors (Lipinski definition) is 2. The van der Waals surface area contributed by atoms with E-state index in [2.05, 4.69) is 26.6 Å². The van der Waals surface area contributed by atoms with E-state index in [1.54, 1.807) is 11.8 Å². The molecule has 100 valence electrons. The third kappa shape index (κ3) is 5.42. The summed E-state index contributed by atoms with van der Waals surface area (Å²) in [5.74, 6) is 0.0741. The first kappa shape index (κ1) is 15.5. The lowest BCUT2D eigenvalue weighted by molar-refractivity contribution is -0.120. The van der Waals surface area contributed by atoms with Crippen LogP contribution >= 0.6 is 27.7 Å². The summed E-state index contributed by atoms with van der Waals surface area (Å²) in [5.41, 5.74) is 0. The second-order valence-electron chi connectivity index (χ2n) is 4.15. The minimum atomic E-state index is -0.0877. The normalized spacial score (nSPS) is 14.0. The fourth-order valence-corrected chi connectivity index (χ4v) is 2.43. The highest BCUT2D eigenvalue weighted by atomic mass is 79.9. The number of carbonyl (C=O) groups excluding carboxylic acids is 1. The van der Waals surface area contributed by atoms with Crippen molar-refractivity contribution < 1.29 is 4.79 Å². The zero-order valence-electron chi connectivity index (χ0n) is 10.9. The minimum absolute atomic E-state index is 0.0741. The summed E-state index contributed by atoms with van der Waals surface area (Å²) in [5, 5.41) is 5.93. The third-order valence-electron chi connectivity index (χ3n) is 2.57. The van der Waals surface area contributed by atoms with E-state index in [0.29, 0.717) is 12.6 Å².